The van der Waals surface area contributed by atoms with Crippen LogP contribution in [0.25, 0.3) is 10.8 Å². The van der Waals surface area contributed by atoms with Crippen molar-refractivity contribution in [3.05, 3.63) is 66.2 Å². The number of carbonyl (C=O) groups excluding carboxylic acids is 1. The molecule has 0 aliphatic carbocycles. The van der Waals surface area contributed by atoms with E-state index >= 15 is 0 Å². The monoisotopic (exact) mass is 377 g/mol. The van der Waals surface area contributed by atoms with E-state index in [1.165, 1.54) is 0 Å². The third kappa shape index (κ3) is 3.74. The molecule has 0 saturated carbocycles. The molecule has 0 saturated heterocycles. The Morgan fingerprint density at radius 3 is 2.57 bits per heavy atom. The Balaban J connectivity index is 1.44. The van der Waals surface area contributed by atoms with E-state index < -0.39 is 6.10 Å². The van der Waals surface area contributed by atoms with Crippen LogP contribution < -0.4 is 19.5 Å². The molecule has 1 aliphatic heterocycles. The van der Waals surface area contributed by atoms with E-state index in [-0.39, 0.29) is 11.9 Å². The van der Waals surface area contributed by atoms with Crippen LogP contribution in [-0.2, 0) is 4.79 Å². The van der Waals surface area contributed by atoms with E-state index in [1.54, 1.807) is 6.92 Å². The standard InChI is InChI=1S/C23H23NO4/c1-15(18-10-11-21-22(14-18)27-13-12-26-21)24-23(25)16(2)28-20-9-5-7-17-6-3-4-8-19(17)20/h3-11,14-16H,12-13H2,1-2H3,(H,24,25)/t15-,16+/m1/s1. The van der Waals surface area contributed by atoms with Gasteiger partial charge in [-0.2, -0.15) is 0 Å². The Bertz CT molecular complexity index is 996. The number of benzene rings is 3. The maximum absolute atomic E-state index is 12.7. The summed E-state index contributed by atoms with van der Waals surface area (Å²) < 4.78 is 17.1. The Morgan fingerprint density at radius 2 is 1.71 bits per heavy atom. The number of amides is 1. The van der Waals surface area contributed by atoms with Crippen LogP contribution in [-0.4, -0.2) is 25.2 Å². The smallest absolute Gasteiger partial charge is 0.261 e. The van der Waals surface area contributed by atoms with E-state index in [4.69, 9.17) is 14.2 Å². The summed E-state index contributed by atoms with van der Waals surface area (Å²) in [5, 5.41) is 5.08. The first-order valence-electron chi connectivity index (χ1n) is 9.46. The van der Waals surface area contributed by atoms with Crippen LogP contribution >= 0.6 is 0 Å². The highest BCUT2D eigenvalue weighted by molar-refractivity contribution is 5.89. The van der Waals surface area contributed by atoms with Gasteiger partial charge in [-0.3, -0.25) is 4.79 Å². The molecule has 0 fully saturated rings. The molecule has 2 atom stereocenters. The molecule has 28 heavy (non-hydrogen) atoms. The molecule has 4 rings (SSSR count). The van der Waals surface area contributed by atoms with Gasteiger partial charge in [0.2, 0.25) is 0 Å². The third-order valence-corrected chi connectivity index (χ3v) is 4.85. The summed E-state index contributed by atoms with van der Waals surface area (Å²) in [7, 11) is 0. The number of hydrogen-bond donors (Lipinski definition) is 1. The largest absolute Gasteiger partial charge is 0.486 e. The Morgan fingerprint density at radius 1 is 0.964 bits per heavy atom. The number of ether oxygens (including phenoxy) is 3. The maximum Gasteiger partial charge on any atom is 0.261 e. The zero-order valence-corrected chi connectivity index (χ0v) is 16.0. The molecule has 5 heteroatoms. The molecule has 0 spiro atoms. The lowest BCUT2D eigenvalue weighted by Crippen LogP contribution is -2.37. The van der Waals surface area contributed by atoms with Crippen LogP contribution in [0.2, 0.25) is 0 Å². The Kier molecular flexibility index (Phi) is 5.06. The van der Waals surface area contributed by atoms with Gasteiger partial charge in [-0.15, -0.1) is 0 Å². The van der Waals surface area contributed by atoms with Crippen LogP contribution in [0.3, 0.4) is 0 Å². The number of hydrogen-bond acceptors (Lipinski definition) is 4. The van der Waals surface area contributed by atoms with Gasteiger partial charge in [0.25, 0.3) is 5.91 Å². The van der Waals surface area contributed by atoms with Gasteiger partial charge in [0, 0.05) is 5.39 Å². The summed E-state index contributed by atoms with van der Waals surface area (Å²) >= 11 is 0. The normalized spacial score (nSPS) is 14.9. The SMILES string of the molecule is C[C@H](Oc1cccc2ccccc12)C(=O)N[C@H](C)c1ccc2c(c1)OCCO2. The van der Waals surface area contributed by atoms with Crippen LogP contribution in [0.4, 0.5) is 0 Å². The summed E-state index contributed by atoms with van der Waals surface area (Å²) in [6, 6.07) is 19.4. The molecule has 0 bridgehead atoms. The highest BCUT2D eigenvalue weighted by Crippen LogP contribution is 2.32. The van der Waals surface area contributed by atoms with Gasteiger partial charge in [0.15, 0.2) is 17.6 Å². The van der Waals surface area contributed by atoms with Gasteiger partial charge in [-0.05, 0) is 43.0 Å². The first-order valence-corrected chi connectivity index (χ1v) is 9.46. The second kappa shape index (κ2) is 7.80. The van der Waals surface area contributed by atoms with Gasteiger partial charge in [-0.1, -0.05) is 42.5 Å². The van der Waals surface area contributed by atoms with Crippen LogP contribution in [0.1, 0.15) is 25.5 Å². The first kappa shape index (κ1) is 18.2. The molecule has 144 valence electrons. The minimum Gasteiger partial charge on any atom is -0.486 e. The van der Waals surface area contributed by atoms with Crippen molar-refractivity contribution in [3.8, 4) is 17.2 Å². The van der Waals surface area contributed by atoms with E-state index in [0.717, 1.165) is 22.1 Å². The third-order valence-electron chi connectivity index (χ3n) is 4.85. The van der Waals surface area contributed by atoms with Crippen molar-refractivity contribution >= 4 is 16.7 Å². The Hall–Kier alpha value is -3.21. The number of nitrogens with one attached hydrogen (secondary N) is 1. The van der Waals surface area contributed by atoms with Gasteiger partial charge in [-0.25, -0.2) is 0 Å². The number of rotatable bonds is 5. The fourth-order valence-corrected chi connectivity index (χ4v) is 3.29. The summed E-state index contributed by atoms with van der Waals surface area (Å²) in [4.78, 5) is 12.7. The zero-order chi connectivity index (χ0) is 19.5. The van der Waals surface area contributed by atoms with E-state index in [2.05, 4.69) is 5.32 Å². The van der Waals surface area contributed by atoms with Gasteiger partial charge in [0.05, 0.1) is 6.04 Å². The van der Waals surface area contributed by atoms with Crippen LogP contribution in [0.5, 0.6) is 17.2 Å². The molecule has 1 N–H and O–H groups in total. The van der Waals surface area contributed by atoms with Crippen molar-refractivity contribution in [1.29, 1.82) is 0 Å². The predicted octanol–water partition coefficient (Wildman–Crippen LogP) is 4.26. The molecule has 0 unspecified atom stereocenters. The lowest BCUT2D eigenvalue weighted by molar-refractivity contribution is -0.127. The zero-order valence-electron chi connectivity index (χ0n) is 16.0. The first-order chi connectivity index (χ1) is 13.6. The maximum atomic E-state index is 12.7. The van der Waals surface area contributed by atoms with Crippen molar-refractivity contribution in [3.63, 3.8) is 0 Å². The lowest BCUT2D eigenvalue weighted by Gasteiger charge is -2.22. The fraction of sp³-hybridized carbons (Fsp3) is 0.261. The average molecular weight is 377 g/mol. The fourth-order valence-electron chi connectivity index (χ4n) is 3.29. The van der Waals surface area contributed by atoms with Crippen LogP contribution in [0.15, 0.2) is 60.7 Å². The Labute approximate surface area is 164 Å². The molecular weight excluding hydrogens is 354 g/mol. The van der Waals surface area contributed by atoms with Crippen molar-refractivity contribution in [1.82, 2.24) is 5.32 Å². The highest BCUT2D eigenvalue weighted by Gasteiger charge is 2.20. The van der Waals surface area contributed by atoms with E-state index in [9.17, 15) is 4.79 Å². The molecule has 5 nitrogen and oxygen atoms in total. The van der Waals surface area contributed by atoms with Crippen molar-refractivity contribution in [2.75, 3.05) is 13.2 Å². The van der Waals surface area contributed by atoms with E-state index in [1.807, 2.05) is 67.6 Å². The van der Waals surface area contributed by atoms with Gasteiger partial charge in [0.1, 0.15) is 19.0 Å². The second-order valence-electron chi connectivity index (χ2n) is 6.87. The van der Waals surface area contributed by atoms with Crippen molar-refractivity contribution in [2.45, 2.75) is 26.0 Å². The summed E-state index contributed by atoms with van der Waals surface area (Å²) in [6.45, 7) is 4.79. The molecule has 0 radical (unpaired) electrons. The summed E-state index contributed by atoms with van der Waals surface area (Å²) in [5.74, 6) is 1.98. The molecule has 0 aromatic heterocycles. The van der Waals surface area contributed by atoms with E-state index in [0.29, 0.717) is 24.7 Å². The molecule has 3 aromatic carbocycles. The van der Waals surface area contributed by atoms with Gasteiger partial charge < -0.3 is 19.5 Å². The number of fused-ring (bicyclic) bond motifs is 2. The minimum atomic E-state index is -0.620. The van der Waals surface area contributed by atoms with Crippen molar-refractivity contribution in [2.24, 2.45) is 0 Å². The molecule has 1 amide bonds. The average Bonchev–Trinajstić information content (AvgIpc) is 2.73. The quantitative estimate of drug-likeness (QED) is 0.722. The molecule has 1 aliphatic rings. The number of carbonyl (C=O) groups is 1. The van der Waals surface area contributed by atoms with Gasteiger partial charge >= 0.3 is 0 Å². The topological polar surface area (TPSA) is 56.8 Å². The van der Waals surface area contributed by atoms with Crippen LogP contribution in [0, 0.1) is 0 Å². The molecular formula is C23H23NO4. The molecule has 3 aromatic rings. The second-order valence-corrected chi connectivity index (χ2v) is 6.87. The summed E-state index contributed by atoms with van der Waals surface area (Å²) in [6.07, 6.45) is -0.620. The highest BCUT2D eigenvalue weighted by atomic mass is 16.6. The molecule has 1 heterocycles. The van der Waals surface area contributed by atoms with Crippen molar-refractivity contribution < 1.29 is 19.0 Å². The predicted molar refractivity (Wildman–Crippen MR) is 108 cm³/mol. The lowest BCUT2D eigenvalue weighted by atomic mass is 10.1. The summed E-state index contributed by atoms with van der Waals surface area (Å²) in [5.41, 5.74) is 0.954. The minimum absolute atomic E-state index is 0.171.